The number of benzene rings is 2. The van der Waals surface area contributed by atoms with Gasteiger partial charge in [0, 0.05) is 30.8 Å². The third kappa shape index (κ3) is 6.24. The Morgan fingerprint density at radius 1 is 1.24 bits per heavy atom. The van der Waals surface area contributed by atoms with Crippen molar-refractivity contribution in [1.29, 1.82) is 0 Å². The van der Waals surface area contributed by atoms with Crippen molar-refractivity contribution in [3.8, 4) is 0 Å². The van der Waals surface area contributed by atoms with E-state index in [1.165, 1.54) is 29.2 Å². The lowest BCUT2D eigenvalue weighted by Crippen LogP contribution is -2.31. The monoisotopic (exact) mass is 485 g/mol. The molecule has 0 saturated carbocycles. The third-order valence-corrected chi connectivity index (χ3v) is 5.87. The van der Waals surface area contributed by atoms with Gasteiger partial charge in [0.05, 0.1) is 22.0 Å². The Balaban J connectivity index is 1.58. The number of nitro benzene ring substituents is 1. The molecule has 1 aliphatic heterocycles. The van der Waals surface area contributed by atoms with Crippen LogP contribution in [0.4, 0.5) is 11.4 Å². The van der Waals surface area contributed by atoms with E-state index in [-0.39, 0.29) is 37.1 Å². The summed E-state index contributed by atoms with van der Waals surface area (Å²) in [5, 5.41) is 13.6. The predicted molar refractivity (Wildman–Crippen MR) is 129 cm³/mol. The fourth-order valence-electron chi connectivity index (χ4n) is 2.91. The van der Waals surface area contributed by atoms with Crippen molar-refractivity contribution in [2.45, 2.75) is 13.3 Å². The summed E-state index contributed by atoms with van der Waals surface area (Å²) in [5.74, 6) is -1.12. The lowest BCUT2D eigenvalue weighted by atomic mass is 10.2. The molecule has 1 heterocycles. The van der Waals surface area contributed by atoms with Crippen molar-refractivity contribution in [2.24, 2.45) is 0 Å². The summed E-state index contributed by atoms with van der Waals surface area (Å²) in [6.07, 6.45) is 1.55. The molecule has 1 aliphatic rings. The van der Waals surface area contributed by atoms with Gasteiger partial charge in [0.15, 0.2) is 0 Å². The zero-order chi connectivity index (χ0) is 24.0. The van der Waals surface area contributed by atoms with Crippen molar-refractivity contribution in [1.82, 2.24) is 4.90 Å². The van der Waals surface area contributed by atoms with Gasteiger partial charge in [-0.1, -0.05) is 36.1 Å². The molecule has 170 valence electrons. The molecule has 0 unspecified atom stereocenters. The molecular formula is C22H19N3O6S2. The molecule has 0 spiro atoms. The van der Waals surface area contributed by atoms with Crippen LogP contribution < -0.4 is 5.32 Å². The number of non-ortho nitro benzene ring substituents is 1. The zero-order valence-corrected chi connectivity index (χ0v) is 19.1. The SMILES string of the molecule is CCOC(=O)c1ccc(NC(=O)CCN2C(=O)/C(=C/c3cccc([N+](=O)[O-])c3)SC2=S)cc1. The van der Waals surface area contributed by atoms with E-state index < -0.39 is 10.9 Å². The number of hydrogen-bond donors (Lipinski definition) is 1. The van der Waals surface area contributed by atoms with Crippen molar-refractivity contribution >= 4 is 63.5 Å². The molecule has 2 amide bonds. The topological polar surface area (TPSA) is 119 Å². The number of esters is 1. The summed E-state index contributed by atoms with van der Waals surface area (Å²) >= 11 is 6.34. The van der Waals surface area contributed by atoms with Crippen molar-refractivity contribution in [2.75, 3.05) is 18.5 Å². The third-order valence-electron chi connectivity index (χ3n) is 4.49. The first-order chi connectivity index (χ1) is 15.8. The Labute approximate surface area is 198 Å². The fourth-order valence-corrected chi connectivity index (χ4v) is 4.22. The molecule has 3 rings (SSSR count). The highest BCUT2D eigenvalue weighted by Crippen LogP contribution is 2.33. The summed E-state index contributed by atoms with van der Waals surface area (Å²) in [7, 11) is 0. The Bertz CT molecular complexity index is 1150. The normalized spacial score (nSPS) is 14.5. The van der Waals surface area contributed by atoms with Crippen LogP contribution in [0.15, 0.2) is 53.4 Å². The minimum Gasteiger partial charge on any atom is -0.462 e. The van der Waals surface area contributed by atoms with Crippen molar-refractivity contribution in [3.63, 3.8) is 0 Å². The Hall–Kier alpha value is -3.57. The largest absolute Gasteiger partial charge is 0.462 e. The number of thioether (sulfide) groups is 1. The van der Waals surface area contributed by atoms with Crippen LogP contribution in [-0.2, 0) is 14.3 Å². The van der Waals surface area contributed by atoms with Gasteiger partial charge in [0.1, 0.15) is 4.32 Å². The molecule has 0 bridgehead atoms. The van der Waals surface area contributed by atoms with E-state index in [0.717, 1.165) is 11.8 Å². The number of carbonyl (C=O) groups is 3. The van der Waals surface area contributed by atoms with Crippen LogP contribution in [0.25, 0.3) is 6.08 Å². The number of hydrogen-bond acceptors (Lipinski definition) is 8. The number of thiocarbonyl (C=S) groups is 1. The second-order valence-electron chi connectivity index (χ2n) is 6.78. The van der Waals surface area contributed by atoms with Crippen molar-refractivity contribution < 1.29 is 24.0 Å². The minimum atomic E-state index is -0.508. The first kappa shape index (κ1) is 24.1. The van der Waals surface area contributed by atoms with Crippen LogP contribution >= 0.6 is 24.0 Å². The molecule has 1 fully saturated rings. The molecule has 1 N–H and O–H groups in total. The van der Waals surface area contributed by atoms with E-state index in [4.69, 9.17) is 17.0 Å². The van der Waals surface area contributed by atoms with E-state index in [2.05, 4.69) is 5.32 Å². The fraction of sp³-hybridized carbons (Fsp3) is 0.182. The molecule has 0 aliphatic carbocycles. The van der Waals surface area contributed by atoms with Gasteiger partial charge in [0.2, 0.25) is 5.91 Å². The smallest absolute Gasteiger partial charge is 0.338 e. The maximum Gasteiger partial charge on any atom is 0.338 e. The molecule has 33 heavy (non-hydrogen) atoms. The van der Waals surface area contributed by atoms with E-state index in [1.807, 2.05) is 0 Å². The van der Waals surface area contributed by atoms with Crippen LogP contribution in [0.1, 0.15) is 29.3 Å². The van der Waals surface area contributed by atoms with Crippen LogP contribution in [0, 0.1) is 10.1 Å². The Kier molecular flexibility index (Phi) is 7.91. The first-order valence-electron chi connectivity index (χ1n) is 9.85. The molecule has 11 heteroatoms. The second kappa shape index (κ2) is 10.8. The van der Waals surface area contributed by atoms with Crippen LogP contribution in [0.5, 0.6) is 0 Å². The standard InChI is InChI=1S/C22H19N3O6S2/c1-2-31-21(28)15-6-8-16(9-7-15)23-19(26)10-11-24-20(27)18(33-22(24)32)13-14-4-3-5-17(12-14)25(29)30/h3-9,12-13H,2,10-11H2,1H3,(H,23,26)/b18-13-. The number of nitro groups is 1. The average molecular weight is 486 g/mol. The number of ether oxygens (including phenoxy) is 1. The summed E-state index contributed by atoms with van der Waals surface area (Å²) < 4.78 is 5.22. The van der Waals surface area contributed by atoms with Crippen LogP contribution in [0.3, 0.4) is 0 Å². The predicted octanol–water partition coefficient (Wildman–Crippen LogP) is 4.00. The molecule has 2 aromatic rings. The van der Waals surface area contributed by atoms with E-state index in [9.17, 15) is 24.5 Å². The minimum absolute atomic E-state index is 0.0101. The van der Waals surface area contributed by atoms with Crippen LogP contribution in [-0.4, -0.2) is 45.1 Å². The van der Waals surface area contributed by atoms with Gasteiger partial charge >= 0.3 is 5.97 Å². The second-order valence-corrected chi connectivity index (χ2v) is 8.46. The number of nitrogens with zero attached hydrogens (tertiary/aromatic N) is 2. The summed E-state index contributed by atoms with van der Waals surface area (Å²) in [4.78, 5) is 48.8. The van der Waals surface area contributed by atoms with Crippen molar-refractivity contribution in [3.05, 3.63) is 74.7 Å². The molecule has 1 saturated heterocycles. The number of amides is 2. The number of carbonyl (C=O) groups excluding carboxylic acids is 3. The van der Waals surface area contributed by atoms with Gasteiger partial charge in [-0.15, -0.1) is 0 Å². The highest BCUT2D eigenvalue weighted by molar-refractivity contribution is 8.26. The summed E-state index contributed by atoms with van der Waals surface area (Å²) in [6.45, 7) is 2.08. The van der Waals surface area contributed by atoms with E-state index >= 15 is 0 Å². The maximum absolute atomic E-state index is 12.7. The highest BCUT2D eigenvalue weighted by atomic mass is 32.2. The van der Waals surface area contributed by atoms with Gasteiger partial charge in [0.25, 0.3) is 11.6 Å². The number of nitrogens with one attached hydrogen (secondary N) is 1. The number of anilines is 1. The van der Waals surface area contributed by atoms with Gasteiger partial charge in [-0.2, -0.15) is 0 Å². The van der Waals surface area contributed by atoms with Gasteiger partial charge in [-0.05, 0) is 42.8 Å². The van der Waals surface area contributed by atoms with Crippen LogP contribution in [0.2, 0.25) is 0 Å². The van der Waals surface area contributed by atoms with Gasteiger partial charge in [-0.3, -0.25) is 24.6 Å². The van der Waals surface area contributed by atoms with Gasteiger partial charge in [-0.25, -0.2) is 4.79 Å². The molecule has 0 aromatic heterocycles. The molecule has 2 aromatic carbocycles. The van der Waals surface area contributed by atoms with E-state index in [0.29, 0.717) is 26.0 Å². The molecule has 0 atom stereocenters. The highest BCUT2D eigenvalue weighted by Gasteiger charge is 2.32. The Morgan fingerprint density at radius 3 is 2.64 bits per heavy atom. The molecular weight excluding hydrogens is 466 g/mol. The lowest BCUT2D eigenvalue weighted by Gasteiger charge is -2.14. The summed E-state index contributed by atoms with van der Waals surface area (Å²) in [5.41, 5.74) is 1.31. The first-order valence-corrected chi connectivity index (χ1v) is 11.1. The van der Waals surface area contributed by atoms with Gasteiger partial charge < -0.3 is 10.1 Å². The summed E-state index contributed by atoms with van der Waals surface area (Å²) in [6, 6.07) is 12.2. The van der Waals surface area contributed by atoms with E-state index in [1.54, 1.807) is 37.3 Å². The number of rotatable bonds is 8. The average Bonchev–Trinajstić information content (AvgIpc) is 3.05. The molecule has 0 radical (unpaired) electrons. The molecule has 9 nitrogen and oxygen atoms in total. The quantitative estimate of drug-likeness (QED) is 0.196. The lowest BCUT2D eigenvalue weighted by molar-refractivity contribution is -0.384. The Morgan fingerprint density at radius 2 is 1.97 bits per heavy atom. The maximum atomic E-state index is 12.7. The zero-order valence-electron chi connectivity index (χ0n) is 17.5.